The number of ketones is 1. The lowest BCUT2D eigenvalue weighted by atomic mass is 9.99. The first kappa shape index (κ1) is 25.5. The van der Waals surface area contributed by atoms with E-state index in [-0.39, 0.29) is 5.78 Å². The molecule has 1 unspecified atom stereocenters. The normalized spacial score (nSPS) is 14.2. The van der Waals surface area contributed by atoms with Crippen molar-refractivity contribution in [1.82, 2.24) is 14.9 Å². The Balaban J connectivity index is 1.33. The number of aliphatic imine (C=N–C) groups is 1. The lowest BCUT2D eigenvalue weighted by Gasteiger charge is -2.26. The number of hydrogen-bond donors (Lipinski definition) is 2. The maximum absolute atomic E-state index is 12.8. The zero-order valence-corrected chi connectivity index (χ0v) is 21.7. The fourth-order valence-corrected chi connectivity index (χ4v) is 4.96. The van der Waals surface area contributed by atoms with Crippen LogP contribution in [0.25, 0.3) is 0 Å². The van der Waals surface area contributed by atoms with Crippen LogP contribution < -0.4 is 11.1 Å². The third-order valence-electron chi connectivity index (χ3n) is 6.76. The molecule has 0 amide bonds. The Kier molecular flexibility index (Phi) is 8.10. The monoisotopic (exact) mass is 484 g/mol. The third-order valence-corrected chi connectivity index (χ3v) is 6.76. The number of fused-ring (bicyclic) bond motifs is 1. The van der Waals surface area contributed by atoms with Gasteiger partial charge in [0.25, 0.3) is 0 Å². The summed E-state index contributed by atoms with van der Waals surface area (Å²) in [6.07, 6.45) is 7.00. The number of benzene rings is 2. The summed E-state index contributed by atoms with van der Waals surface area (Å²) < 4.78 is 0. The highest BCUT2D eigenvalue weighted by Gasteiger charge is 2.26. The van der Waals surface area contributed by atoms with Gasteiger partial charge in [-0.05, 0) is 74.6 Å². The van der Waals surface area contributed by atoms with Gasteiger partial charge in [-0.3, -0.25) is 14.7 Å². The molecule has 0 bridgehead atoms. The topological polar surface area (TPSA) is 96.5 Å². The standard InChI is InChI=1S/C29H36N6O/c1-5-25(7-6-8-28(36)21-9-10-26(30)22(14-21)15-31-4)35-17-23-16-32-29(34-27(23)18-35)33-24-12-19(2)11-20(3)13-24/h9-16,25H,5-8,17-18,30H2,1-4H3,(H,32,33,34)/b31-15-. The van der Waals surface area contributed by atoms with Crippen LogP contribution in [0, 0.1) is 13.8 Å². The number of aryl methyl sites for hydroxylation is 2. The molecule has 2 heterocycles. The molecule has 1 aliphatic heterocycles. The van der Waals surface area contributed by atoms with Crippen molar-refractivity contribution in [2.45, 2.75) is 65.6 Å². The zero-order valence-electron chi connectivity index (χ0n) is 21.7. The molecule has 7 nitrogen and oxygen atoms in total. The van der Waals surface area contributed by atoms with E-state index in [1.165, 1.54) is 16.7 Å². The number of carbonyl (C=O) groups excluding carboxylic acids is 1. The van der Waals surface area contributed by atoms with Crippen molar-refractivity contribution < 1.29 is 4.79 Å². The van der Waals surface area contributed by atoms with Crippen LogP contribution in [0.15, 0.2) is 47.6 Å². The second-order valence-corrected chi connectivity index (χ2v) is 9.68. The van der Waals surface area contributed by atoms with E-state index in [0.717, 1.165) is 49.3 Å². The number of nitrogens with two attached hydrogens (primary N) is 1. The van der Waals surface area contributed by atoms with Crippen LogP contribution >= 0.6 is 0 Å². The molecular formula is C29H36N6O. The molecule has 3 N–H and O–H groups in total. The summed E-state index contributed by atoms with van der Waals surface area (Å²) in [4.78, 5) is 28.6. The van der Waals surface area contributed by atoms with Crippen LogP contribution in [0.2, 0.25) is 0 Å². The maximum atomic E-state index is 12.8. The van der Waals surface area contributed by atoms with Gasteiger partial charge in [0.2, 0.25) is 5.95 Å². The number of hydrogen-bond acceptors (Lipinski definition) is 7. The van der Waals surface area contributed by atoms with Gasteiger partial charge in [-0.25, -0.2) is 9.97 Å². The molecule has 1 aromatic heterocycles. The van der Waals surface area contributed by atoms with Crippen molar-refractivity contribution in [3.05, 3.63) is 76.1 Å². The first-order chi connectivity index (χ1) is 17.4. The average Bonchev–Trinajstić information content (AvgIpc) is 3.25. The van der Waals surface area contributed by atoms with Crippen molar-refractivity contribution in [3.63, 3.8) is 0 Å². The average molecular weight is 485 g/mol. The van der Waals surface area contributed by atoms with Crippen molar-refractivity contribution in [3.8, 4) is 0 Å². The number of rotatable bonds is 10. The fraction of sp³-hybridized carbons (Fsp3) is 0.379. The Morgan fingerprint density at radius 3 is 2.69 bits per heavy atom. The molecule has 2 aromatic carbocycles. The number of aromatic nitrogens is 2. The van der Waals surface area contributed by atoms with Gasteiger partial charge in [-0.15, -0.1) is 0 Å². The summed E-state index contributed by atoms with van der Waals surface area (Å²) in [5.41, 5.74) is 13.8. The molecule has 0 saturated carbocycles. The van der Waals surface area contributed by atoms with Gasteiger partial charge in [0.05, 0.1) is 5.69 Å². The first-order valence-corrected chi connectivity index (χ1v) is 12.6. The summed E-state index contributed by atoms with van der Waals surface area (Å²) in [5.74, 6) is 0.781. The van der Waals surface area contributed by atoms with Gasteiger partial charge in [0.15, 0.2) is 5.78 Å². The number of anilines is 3. The summed E-state index contributed by atoms with van der Waals surface area (Å²) in [7, 11) is 1.70. The van der Waals surface area contributed by atoms with Crippen molar-refractivity contribution >= 4 is 29.3 Å². The van der Waals surface area contributed by atoms with E-state index < -0.39 is 0 Å². The summed E-state index contributed by atoms with van der Waals surface area (Å²) in [5, 5.41) is 3.36. The number of Topliss-reactive ketones (excluding diaryl/α,β-unsaturated/α-hetero) is 1. The number of nitrogen functional groups attached to an aromatic ring is 1. The highest BCUT2D eigenvalue weighted by molar-refractivity contribution is 5.99. The minimum Gasteiger partial charge on any atom is -0.398 e. The minimum absolute atomic E-state index is 0.147. The molecule has 7 heteroatoms. The molecule has 0 saturated heterocycles. The molecule has 188 valence electrons. The summed E-state index contributed by atoms with van der Waals surface area (Å²) in [6, 6.07) is 12.2. The second kappa shape index (κ2) is 11.4. The second-order valence-electron chi connectivity index (χ2n) is 9.68. The Bertz CT molecular complexity index is 1250. The van der Waals surface area contributed by atoms with E-state index in [2.05, 4.69) is 59.2 Å². The molecule has 0 fully saturated rings. The van der Waals surface area contributed by atoms with Gasteiger partial charge in [0.1, 0.15) is 0 Å². The highest BCUT2D eigenvalue weighted by atomic mass is 16.1. The molecule has 4 rings (SSSR count). The Hall–Kier alpha value is -3.58. The molecule has 36 heavy (non-hydrogen) atoms. The number of carbonyl (C=O) groups is 1. The zero-order chi connectivity index (χ0) is 25.7. The summed E-state index contributed by atoms with van der Waals surface area (Å²) >= 11 is 0. The lowest BCUT2D eigenvalue weighted by Crippen LogP contribution is -2.30. The molecular weight excluding hydrogens is 448 g/mol. The third kappa shape index (κ3) is 6.15. The van der Waals surface area contributed by atoms with E-state index in [0.29, 0.717) is 29.7 Å². The van der Waals surface area contributed by atoms with Crippen LogP contribution in [0.4, 0.5) is 17.3 Å². The largest absolute Gasteiger partial charge is 0.398 e. The van der Waals surface area contributed by atoms with Gasteiger partial charge in [0, 0.05) is 73.1 Å². The molecule has 1 aliphatic rings. The van der Waals surface area contributed by atoms with E-state index in [1.54, 1.807) is 25.4 Å². The molecule has 0 radical (unpaired) electrons. The lowest BCUT2D eigenvalue weighted by molar-refractivity contribution is 0.0972. The van der Waals surface area contributed by atoms with Gasteiger partial charge >= 0.3 is 0 Å². The van der Waals surface area contributed by atoms with Crippen LogP contribution in [-0.4, -0.2) is 40.0 Å². The fourth-order valence-electron chi connectivity index (χ4n) is 4.96. The van der Waals surface area contributed by atoms with Gasteiger partial charge in [-0.2, -0.15) is 0 Å². The quantitative estimate of drug-likeness (QED) is 0.220. The van der Waals surface area contributed by atoms with Crippen LogP contribution in [0.1, 0.15) is 70.9 Å². The summed E-state index contributed by atoms with van der Waals surface area (Å²) in [6.45, 7) is 8.05. The molecule has 0 spiro atoms. The molecule has 3 aromatic rings. The number of nitrogens with zero attached hydrogens (tertiary/aromatic N) is 4. The van der Waals surface area contributed by atoms with Crippen molar-refractivity contribution in [1.29, 1.82) is 0 Å². The van der Waals surface area contributed by atoms with E-state index in [1.807, 2.05) is 12.3 Å². The van der Waals surface area contributed by atoms with E-state index in [9.17, 15) is 4.79 Å². The van der Waals surface area contributed by atoms with Crippen LogP contribution in [0.5, 0.6) is 0 Å². The van der Waals surface area contributed by atoms with Crippen LogP contribution in [0.3, 0.4) is 0 Å². The Labute approximate surface area is 213 Å². The van der Waals surface area contributed by atoms with E-state index in [4.69, 9.17) is 10.7 Å². The number of nitrogens with one attached hydrogen (secondary N) is 1. The SMILES string of the molecule is CCC(CCCC(=O)c1ccc(N)c(/C=N\C)c1)N1Cc2cnc(Nc3cc(C)cc(C)c3)nc2C1. The predicted octanol–water partition coefficient (Wildman–Crippen LogP) is 5.62. The smallest absolute Gasteiger partial charge is 0.227 e. The minimum atomic E-state index is 0.147. The van der Waals surface area contributed by atoms with Crippen molar-refractivity contribution in [2.75, 3.05) is 18.1 Å². The van der Waals surface area contributed by atoms with Crippen molar-refractivity contribution in [2.24, 2.45) is 4.99 Å². The highest BCUT2D eigenvalue weighted by Crippen LogP contribution is 2.28. The molecule has 1 atom stereocenters. The van der Waals surface area contributed by atoms with Crippen LogP contribution in [-0.2, 0) is 13.1 Å². The predicted molar refractivity (Wildman–Crippen MR) is 147 cm³/mol. The van der Waals surface area contributed by atoms with Gasteiger partial charge < -0.3 is 11.1 Å². The van der Waals surface area contributed by atoms with Gasteiger partial charge in [-0.1, -0.05) is 13.0 Å². The first-order valence-electron chi connectivity index (χ1n) is 12.6. The Morgan fingerprint density at radius 1 is 1.19 bits per heavy atom. The molecule has 0 aliphatic carbocycles. The maximum Gasteiger partial charge on any atom is 0.227 e. The Morgan fingerprint density at radius 2 is 1.97 bits per heavy atom. The van der Waals surface area contributed by atoms with E-state index >= 15 is 0 Å².